The first-order chi connectivity index (χ1) is 30.7. The predicted octanol–water partition coefficient (Wildman–Crippen LogP) is 4.26. The van der Waals surface area contributed by atoms with E-state index in [-0.39, 0.29) is 34.1 Å². The number of rotatable bonds is 6. The van der Waals surface area contributed by atoms with Crippen LogP contribution < -0.4 is 31.9 Å². The second-order valence-electron chi connectivity index (χ2n) is 15.5. The zero-order chi connectivity index (χ0) is 50.6. The van der Waals surface area contributed by atoms with Gasteiger partial charge in [0.2, 0.25) is 11.8 Å². The number of aryl methyl sites for hydroxylation is 12. The summed E-state index contributed by atoms with van der Waals surface area (Å²) in [7, 11) is 0. The molecule has 366 valence electrons. The summed E-state index contributed by atoms with van der Waals surface area (Å²) < 4.78 is 0. The van der Waals surface area contributed by atoms with Gasteiger partial charge < -0.3 is 51.1 Å². The third-order valence-corrected chi connectivity index (χ3v) is 9.42. The zero-order valence-electron chi connectivity index (χ0n) is 40.0. The third-order valence-electron chi connectivity index (χ3n) is 9.42. The first-order valence-electron chi connectivity index (χ1n) is 20.3. The molecular weight excluding hydrogens is 968 g/mol. The molecule has 0 fully saturated rings. The average Bonchev–Trinajstić information content (AvgIpc) is 3.17. The molecule has 0 aliphatic heterocycles. The van der Waals surface area contributed by atoms with Crippen molar-refractivity contribution in [3.05, 3.63) is 198 Å². The van der Waals surface area contributed by atoms with Crippen LogP contribution >= 0.6 is 0 Å². The van der Waals surface area contributed by atoms with Crippen molar-refractivity contribution in [1.29, 1.82) is 0 Å². The largest absolute Gasteiger partial charge is 2.00 e. The van der Waals surface area contributed by atoms with Gasteiger partial charge in [-0.2, -0.15) is 0 Å². The molecule has 0 saturated carbocycles. The van der Waals surface area contributed by atoms with E-state index in [0.29, 0.717) is 33.4 Å². The monoisotopic (exact) mass is 1020 g/mol. The van der Waals surface area contributed by atoms with E-state index in [1.807, 2.05) is 76.2 Å². The van der Waals surface area contributed by atoms with E-state index >= 15 is 0 Å². The summed E-state index contributed by atoms with van der Waals surface area (Å²) in [6.45, 7) is 22.0. The maximum Gasteiger partial charge on any atom is 2.00 e. The Bertz CT molecular complexity index is 2280. The Balaban J connectivity index is 0. The van der Waals surface area contributed by atoms with Crippen LogP contribution in [0.3, 0.4) is 0 Å². The van der Waals surface area contributed by atoms with Crippen molar-refractivity contribution in [2.24, 2.45) is 11.5 Å². The minimum Gasteiger partial charge on any atom is -0.545 e. The van der Waals surface area contributed by atoms with Crippen molar-refractivity contribution in [2.75, 3.05) is 0 Å². The van der Waals surface area contributed by atoms with Gasteiger partial charge in [-0.15, -0.1) is 0 Å². The maximum absolute atomic E-state index is 10.6. The van der Waals surface area contributed by atoms with Gasteiger partial charge in [0.15, 0.2) is 0 Å². The van der Waals surface area contributed by atoms with Crippen LogP contribution in [-0.4, -0.2) is 45.7 Å². The van der Waals surface area contributed by atoms with Gasteiger partial charge in [0.05, 0.1) is 35.0 Å². The number of carboxylic acids is 4. The molecule has 2 aromatic heterocycles. The molecule has 68 heavy (non-hydrogen) atoms. The first kappa shape index (κ1) is 63.1. The molecule has 14 nitrogen and oxygen atoms in total. The Labute approximate surface area is 419 Å². The Morgan fingerprint density at radius 3 is 0.647 bits per heavy atom. The van der Waals surface area contributed by atoms with Crippen molar-refractivity contribution >= 4 is 35.7 Å². The molecule has 2 radical (unpaired) electrons. The minimum absolute atomic E-state index is 0. The van der Waals surface area contributed by atoms with Gasteiger partial charge in [0.1, 0.15) is 0 Å². The molecule has 2 amide bonds. The van der Waals surface area contributed by atoms with Gasteiger partial charge in [0.25, 0.3) is 0 Å². The molecule has 0 bridgehead atoms. The quantitative estimate of drug-likeness (QED) is 0.222. The number of aromatic nitrogens is 2. The standard InChI is InChI=1S/4C10H12O2.2C6H6N2O.2Cu/c4*1-6-4-7(2)9(10(11)12)8(3)5-6;2*7-6(9)5-2-1-3-8-4-5;;/h4*4-5H,1-3H3,(H,11,12);2*1-4H,(H2,7,9);;/q;;;;;;2*+2/p-4. The van der Waals surface area contributed by atoms with Gasteiger partial charge in [-0.1, -0.05) is 70.8 Å². The van der Waals surface area contributed by atoms with Crippen LogP contribution in [0.4, 0.5) is 0 Å². The van der Waals surface area contributed by atoms with Crippen LogP contribution in [-0.2, 0) is 34.1 Å². The summed E-state index contributed by atoms with van der Waals surface area (Å²) in [5.41, 5.74) is 22.5. The summed E-state index contributed by atoms with van der Waals surface area (Å²) in [6.07, 6.45) is 6.05. The minimum atomic E-state index is -1.09. The van der Waals surface area contributed by atoms with Crippen LogP contribution in [0, 0.1) is 83.1 Å². The summed E-state index contributed by atoms with van der Waals surface area (Å²) >= 11 is 0. The summed E-state index contributed by atoms with van der Waals surface area (Å²) in [5.74, 6) is -5.25. The van der Waals surface area contributed by atoms with Gasteiger partial charge in [0, 0.05) is 47.0 Å². The number of carboxylic acid groups (broad SMARTS) is 4. The van der Waals surface area contributed by atoms with Crippen molar-refractivity contribution in [3.8, 4) is 0 Å². The number of hydrogen-bond acceptors (Lipinski definition) is 12. The van der Waals surface area contributed by atoms with E-state index in [4.69, 9.17) is 11.5 Å². The normalized spacial score (nSPS) is 9.35. The number of nitrogens with two attached hydrogens (primary N) is 2. The van der Waals surface area contributed by atoms with Crippen LogP contribution in [0.1, 0.15) is 129 Å². The average molecular weight is 1020 g/mol. The number of aromatic carboxylic acids is 4. The van der Waals surface area contributed by atoms with Crippen LogP contribution in [0.15, 0.2) is 97.6 Å². The molecule has 0 aliphatic carbocycles. The van der Waals surface area contributed by atoms with Crippen LogP contribution in [0.2, 0.25) is 0 Å². The number of carbonyl (C=O) groups excluding carboxylic acids is 6. The number of amides is 2. The second kappa shape index (κ2) is 30.3. The van der Waals surface area contributed by atoms with E-state index in [1.54, 1.807) is 92.0 Å². The molecule has 0 spiro atoms. The van der Waals surface area contributed by atoms with Crippen LogP contribution in [0.5, 0.6) is 0 Å². The zero-order valence-corrected chi connectivity index (χ0v) is 41.9. The third kappa shape index (κ3) is 21.1. The fourth-order valence-electron chi connectivity index (χ4n) is 7.03. The Kier molecular flexibility index (Phi) is 28.2. The van der Waals surface area contributed by atoms with Crippen molar-refractivity contribution < 1.29 is 83.3 Å². The molecular formula is C52H56Cu2N4O10. The molecule has 0 aliphatic rings. The van der Waals surface area contributed by atoms with E-state index < -0.39 is 35.7 Å². The predicted molar refractivity (Wildman–Crippen MR) is 245 cm³/mol. The molecule has 0 unspecified atom stereocenters. The van der Waals surface area contributed by atoms with Gasteiger partial charge >= 0.3 is 34.1 Å². The molecule has 4 N–H and O–H groups in total. The molecule has 6 rings (SSSR count). The van der Waals surface area contributed by atoms with Gasteiger partial charge in [-0.25, -0.2) is 0 Å². The van der Waals surface area contributed by atoms with Crippen molar-refractivity contribution in [3.63, 3.8) is 0 Å². The maximum atomic E-state index is 10.6. The van der Waals surface area contributed by atoms with Gasteiger partial charge in [-0.05, 0) is 152 Å². The van der Waals surface area contributed by atoms with Crippen molar-refractivity contribution in [1.82, 2.24) is 9.97 Å². The number of pyridine rings is 2. The fourth-order valence-corrected chi connectivity index (χ4v) is 7.03. The van der Waals surface area contributed by atoms with E-state index in [9.17, 15) is 49.2 Å². The van der Waals surface area contributed by atoms with E-state index in [1.165, 1.54) is 12.4 Å². The number of hydrogen-bond donors (Lipinski definition) is 2. The smallest absolute Gasteiger partial charge is 0.545 e. The molecule has 2 heterocycles. The summed E-state index contributed by atoms with van der Waals surface area (Å²) in [6, 6.07) is 21.3. The van der Waals surface area contributed by atoms with Gasteiger partial charge in [-0.3, -0.25) is 19.6 Å². The number of carbonyl (C=O) groups is 6. The number of nitrogens with zero attached hydrogens (tertiary/aromatic N) is 2. The fraction of sp³-hybridized carbons (Fsp3) is 0.231. The SMILES string of the molecule is Cc1cc(C)c(C(=O)[O-])c(C)c1.Cc1cc(C)c(C(=O)[O-])c(C)c1.Cc1cc(C)c(C(=O)[O-])c(C)c1.Cc1cc(C)c(C(=O)[O-])c(C)c1.NC(=O)c1cccnc1.NC(=O)c1cccnc1.[Cu+2].[Cu+2]. The number of primary amides is 2. The summed E-state index contributed by atoms with van der Waals surface area (Å²) in [4.78, 5) is 70.7. The molecule has 4 aromatic carbocycles. The molecule has 0 saturated heterocycles. The van der Waals surface area contributed by atoms with Crippen molar-refractivity contribution in [2.45, 2.75) is 83.1 Å². The van der Waals surface area contributed by atoms with E-state index in [2.05, 4.69) is 9.97 Å². The second-order valence-corrected chi connectivity index (χ2v) is 15.5. The first-order valence-corrected chi connectivity index (χ1v) is 20.3. The van der Waals surface area contributed by atoms with Crippen LogP contribution in [0.25, 0.3) is 0 Å². The number of benzene rings is 4. The molecule has 16 heteroatoms. The van der Waals surface area contributed by atoms with E-state index in [0.717, 1.165) is 66.8 Å². The Hall–Kier alpha value is -6.96. The summed E-state index contributed by atoms with van der Waals surface area (Å²) in [5, 5.41) is 42.6. The molecule has 6 aromatic rings. The Morgan fingerprint density at radius 1 is 0.368 bits per heavy atom. The Morgan fingerprint density at radius 2 is 0.544 bits per heavy atom. The molecule has 0 atom stereocenters. The topological polar surface area (TPSA) is 272 Å².